The van der Waals surface area contributed by atoms with Gasteiger partial charge >= 0.3 is 5.97 Å². The molecule has 148 valence electrons. The Morgan fingerprint density at radius 3 is 2.62 bits per heavy atom. The Labute approximate surface area is 167 Å². The maximum Gasteiger partial charge on any atom is 0.308 e. The van der Waals surface area contributed by atoms with Crippen LogP contribution in [0.3, 0.4) is 0 Å². The Morgan fingerprint density at radius 1 is 1.10 bits per heavy atom. The maximum absolute atomic E-state index is 12.7. The monoisotopic (exact) mass is 392 g/mol. The van der Waals surface area contributed by atoms with Gasteiger partial charge in [-0.05, 0) is 17.7 Å². The molecule has 2 atom stereocenters. The molecule has 3 heterocycles. The van der Waals surface area contributed by atoms with E-state index < -0.39 is 11.9 Å². The summed E-state index contributed by atoms with van der Waals surface area (Å²) < 4.78 is 5.22. The minimum absolute atomic E-state index is 0.118. The summed E-state index contributed by atoms with van der Waals surface area (Å²) in [6, 6.07) is 14.9. The zero-order chi connectivity index (χ0) is 20.2. The first-order valence-electron chi connectivity index (χ1n) is 9.41. The van der Waals surface area contributed by atoms with Crippen molar-refractivity contribution in [3.63, 3.8) is 0 Å². The van der Waals surface area contributed by atoms with Crippen LogP contribution in [0, 0.1) is 5.92 Å². The van der Waals surface area contributed by atoms with Crippen LogP contribution >= 0.6 is 0 Å². The summed E-state index contributed by atoms with van der Waals surface area (Å²) in [5.74, 6) is -1.09. The number of hydrogen-bond donors (Lipinski definition) is 1. The Hall–Kier alpha value is -3.55. The van der Waals surface area contributed by atoms with E-state index in [1.807, 2.05) is 36.4 Å². The van der Waals surface area contributed by atoms with Gasteiger partial charge in [0.1, 0.15) is 5.69 Å². The number of carboxylic acids is 1. The van der Waals surface area contributed by atoms with Crippen LogP contribution in [0.5, 0.6) is 0 Å². The van der Waals surface area contributed by atoms with Crippen molar-refractivity contribution in [3.8, 4) is 11.5 Å². The molecule has 29 heavy (non-hydrogen) atoms. The number of aliphatic carboxylic acids is 1. The molecule has 1 aliphatic heterocycles. The standard InChI is InChI=1S/C21H20N4O4/c26-19(10-9-18-23-20(24-29-18)17-8-4-5-11-22-17)25-12-15(16(13-25)21(27)28)14-6-2-1-3-7-14/h1-8,11,15-16H,9-10,12-13H2,(H,27,28). The Morgan fingerprint density at radius 2 is 1.90 bits per heavy atom. The van der Waals surface area contributed by atoms with Crippen LogP contribution in [0.4, 0.5) is 0 Å². The number of carboxylic acid groups (broad SMARTS) is 1. The third-order valence-electron chi connectivity index (χ3n) is 5.13. The van der Waals surface area contributed by atoms with Gasteiger partial charge in [0.2, 0.25) is 17.6 Å². The summed E-state index contributed by atoms with van der Waals surface area (Å²) >= 11 is 0. The van der Waals surface area contributed by atoms with Crippen molar-refractivity contribution in [3.05, 3.63) is 66.2 Å². The van der Waals surface area contributed by atoms with Crippen molar-refractivity contribution in [1.82, 2.24) is 20.0 Å². The van der Waals surface area contributed by atoms with Crippen LogP contribution in [0.25, 0.3) is 11.5 Å². The third-order valence-corrected chi connectivity index (χ3v) is 5.13. The highest BCUT2D eigenvalue weighted by molar-refractivity contribution is 5.79. The molecule has 2 aromatic heterocycles. The molecule has 1 N–H and O–H groups in total. The number of carbonyl (C=O) groups excluding carboxylic acids is 1. The molecule has 1 fully saturated rings. The van der Waals surface area contributed by atoms with Crippen LogP contribution in [-0.2, 0) is 16.0 Å². The predicted molar refractivity (Wildman–Crippen MR) is 103 cm³/mol. The number of rotatable bonds is 6. The lowest BCUT2D eigenvalue weighted by molar-refractivity contribution is -0.141. The van der Waals surface area contributed by atoms with Crippen molar-refractivity contribution >= 4 is 11.9 Å². The van der Waals surface area contributed by atoms with Gasteiger partial charge in [0, 0.05) is 38.0 Å². The van der Waals surface area contributed by atoms with E-state index in [0.29, 0.717) is 30.4 Å². The van der Waals surface area contributed by atoms with Gasteiger partial charge in [-0.3, -0.25) is 14.6 Å². The molecule has 8 heteroatoms. The van der Waals surface area contributed by atoms with E-state index in [2.05, 4.69) is 15.1 Å². The molecule has 4 rings (SSSR count). The number of pyridine rings is 1. The van der Waals surface area contributed by atoms with E-state index in [9.17, 15) is 14.7 Å². The number of aryl methyl sites for hydroxylation is 1. The number of amides is 1. The molecule has 0 saturated carbocycles. The molecule has 0 bridgehead atoms. The Kier molecular flexibility index (Phi) is 5.33. The number of carbonyl (C=O) groups is 2. The molecule has 2 unspecified atom stereocenters. The van der Waals surface area contributed by atoms with Gasteiger partial charge in [0.25, 0.3) is 0 Å². The summed E-state index contributed by atoms with van der Waals surface area (Å²) in [4.78, 5) is 34.4. The Balaban J connectivity index is 1.39. The number of benzene rings is 1. The maximum atomic E-state index is 12.7. The number of hydrogen-bond acceptors (Lipinski definition) is 6. The van der Waals surface area contributed by atoms with E-state index in [4.69, 9.17) is 4.52 Å². The molecule has 8 nitrogen and oxygen atoms in total. The quantitative estimate of drug-likeness (QED) is 0.686. The molecule has 1 amide bonds. The van der Waals surface area contributed by atoms with Crippen LogP contribution in [0.2, 0.25) is 0 Å². The highest BCUT2D eigenvalue weighted by Gasteiger charge is 2.40. The summed E-state index contributed by atoms with van der Waals surface area (Å²) in [6.45, 7) is 0.597. The molecule has 1 aliphatic rings. The minimum Gasteiger partial charge on any atom is -0.481 e. The highest BCUT2D eigenvalue weighted by Crippen LogP contribution is 2.33. The lowest BCUT2D eigenvalue weighted by Crippen LogP contribution is -2.30. The average Bonchev–Trinajstić information content (AvgIpc) is 3.41. The average molecular weight is 392 g/mol. The SMILES string of the molecule is O=C(O)C1CN(C(=O)CCc2nc(-c3ccccn3)no2)CC1c1ccccc1. The molecule has 0 aliphatic carbocycles. The summed E-state index contributed by atoms with van der Waals surface area (Å²) in [5.41, 5.74) is 1.54. The summed E-state index contributed by atoms with van der Waals surface area (Å²) in [6.07, 6.45) is 2.12. The van der Waals surface area contributed by atoms with E-state index in [-0.39, 0.29) is 24.8 Å². The Bertz CT molecular complexity index is 990. The lowest BCUT2D eigenvalue weighted by atomic mass is 9.89. The predicted octanol–water partition coefficient (Wildman–Crippen LogP) is 2.39. The molecular weight excluding hydrogens is 372 g/mol. The first-order chi connectivity index (χ1) is 14.1. The molecule has 0 spiro atoms. The lowest BCUT2D eigenvalue weighted by Gasteiger charge is -2.16. The van der Waals surface area contributed by atoms with Crippen LogP contribution in [-0.4, -0.2) is 50.1 Å². The molecule has 1 aromatic carbocycles. The number of nitrogens with zero attached hydrogens (tertiary/aromatic N) is 4. The van der Waals surface area contributed by atoms with E-state index in [0.717, 1.165) is 5.56 Å². The highest BCUT2D eigenvalue weighted by atomic mass is 16.5. The molecule has 1 saturated heterocycles. The van der Waals surface area contributed by atoms with Crippen LogP contribution in [0.15, 0.2) is 59.3 Å². The van der Waals surface area contributed by atoms with Crippen molar-refractivity contribution in [2.45, 2.75) is 18.8 Å². The van der Waals surface area contributed by atoms with Gasteiger partial charge in [-0.1, -0.05) is 41.6 Å². The minimum atomic E-state index is -0.883. The van der Waals surface area contributed by atoms with E-state index in [1.54, 1.807) is 23.2 Å². The molecular formula is C21H20N4O4. The van der Waals surface area contributed by atoms with Gasteiger partial charge in [-0.25, -0.2) is 0 Å². The first-order valence-corrected chi connectivity index (χ1v) is 9.41. The zero-order valence-corrected chi connectivity index (χ0v) is 15.6. The summed E-state index contributed by atoms with van der Waals surface area (Å²) in [5, 5.41) is 13.5. The molecule has 0 radical (unpaired) electrons. The van der Waals surface area contributed by atoms with Gasteiger partial charge in [-0.2, -0.15) is 4.98 Å². The second-order valence-corrected chi connectivity index (χ2v) is 6.99. The van der Waals surface area contributed by atoms with Crippen molar-refractivity contribution in [2.75, 3.05) is 13.1 Å². The molecule has 3 aromatic rings. The summed E-state index contributed by atoms with van der Waals surface area (Å²) in [7, 11) is 0. The number of aromatic nitrogens is 3. The van der Waals surface area contributed by atoms with E-state index in [1.165, 1.54) is 0 Å². The largest absolute Gasteiger partial charge is 0.481 e. The van der Waals surface area contributed by atoms with Gasteiger partial charge in [0.15, 0.2) is 0 Å². The van der Waals surface area contributed by atoms with Crippen molar-refractivity contribution in [1.29, 1.82) is 0 Å². The normalized spacial score (nSPS) is 18.7. The first kappa shape index (κ1) is 18.8. The van der Waals surface area contributed by atoms with Crippen LogP contribution in [0.1, 0.15) is 23.8 Å². The second-order valence-electron chi connectivity index (χ2n) is 6.99. The smallest absolute Gasteiger partial charge is 0.308 e. The van der Waals surface area contributed by atoms with Crippen molar-refractivity contribution < 1.29 is 19.2 Å². The number of likely N-dealkylation sites (tertiary alicyclic amines) is 1. The van der Waals surface area contributed by atoms with Gasteiger partial charge in [0.05, 0.1) is 5.92 Å². The second kappa shape index (κ2) is 8.22. The fourth-order valence-electron chi connectivity index (χ4n) is 3.62. The topological polar surface area (TPSA) is 109 Å². The fourth-order valence-corrected chi connectivity index (χ4v) is 3.62. The van der Waals surface area contributed by atoms with Gasteiger partial charge in [-0.15, -0.1) is 0 Å². The van der Waals surface area contributed by atoms with Gasteiger partial charge < -0.3 is 14.5 Å². The fraction of sp³-hybridized carbons (Fsp3) is 0.286. The van der Waals surface area contributed by atoms with E-state index >= 15 is 0 Å². The third kappa shape index (κ3) is 4.16. The zero-order valence-electron chi connectivity index (χ0n) is 15.6. The van der Waals surface area contributed by atoms with Crippen molar-refractivity contribution in [2.24, 2.45) is 5.92 Å². The van der Waals surface area contributed by atoms with Crippen LogP contribution < -0.4 is 0 Å².